The monoisotopic (exact) mass is 293 g/mol. The SMILES string of the molecule is CCNC(=NCCC(C)C)NCCc1c(C)nn(C)c1C. The van der Waals surface area contributed by atoms with E-state index in [1.54, 1.807) is 0 Å². The van der Waals surface area contributed by atoms with Crippen LogP contribution in [0.1, 0.15) is 44.1 Å². The third-order valence-corrected chi connectivity index (χ3v) is 3.65. The third kappa shape index (κ3) is 5.78. The standard InChI is InChI=1S/C16H31N5/c1-7-17-16(18-10-8-12(2)3)19-11-9-15-13(4)20-21(6)14(15)5/h12H,7-11H2,1-6H3,(H2,17,18,19). The lowest BCUT2D eigenvalue weighted by Gasteiger charge is -2.12. The molecule has 0 saturated carbocycles. The van der Waals surface area contributed by atoms with Gasteiger partial charge in [-0.1, -0.05) is 13.8 Å². The van der Waals surface area contributed by atoms with Crippen LogP contribution in [-0.2, 0) is 13.5 Å². The summed E-state index contributed by atoms with van der Waals surface area (Å²) in [4.78, 5) is 4.61. The van der Waals surface area contributed by atoms with E-state index in [1.165, 1.54) is 11.3 Å². The zero-order valence-electron chi connectivity index (χ0n) is 14.5. The van der Waals surface area contributed by atoms with Gasteiger partial charge in [0.15, 0.2) is 5.96 Å². The summed E-state index contributed by atoms with van der Waals surface area (Å²) < 4.78 is 1.95. The van der Waals surface area contributed by atoms with Crippen molar-refractivity contribution in [3.05, 3.63) is 17.0 Å². The van der Waals surface area contributed by atoms with Crippen molar-refractivity contribution >= 4 is 5.96 Å². The second-order valence-electron chi connectivity index (χ2n) is 5.89. The predicted octanol–water partition coefficient (Wildman–Crippen LogP) is 2.18. The van der Waals surface area contributed by atoms with Crippen molar-refractivity contribution in [3.8, 4) is 0 Å². The molecule has 1 heterocycles. The van der Waals surface area contributed by atoms with Crippen LogP contribution in [0.2, 0.25) is 0 Å². The van der Waals surface area contributed by atoms with Gasteiger partial charge in [-0.15, -0.1) is 0 Å². The number of aryl methyl sites for hydroxylation is 2. The lowest BCUT2D eigenvalue weighted by atomic mass is 10.1. The number of hydrogen-bond donors (Lipinski definition) is 2. The van der Waals surface area contributed by atoms with Crippen LogP contribution in [0.25, 0.3) is 0 Å². The van der Waals surface area contributed by atoms with Gasteiger partial charge in [0, 0.05) is 32.4 Å². The Bertz CT molecular complexity index is 459. The van der Waals surface area contributed by atoms with E-state index in [0.29, 0.717) is 5.92 Å². The minimum atomic E-state index is 0.692. The fourth-order valence-electron chi connectivity index (χ4n) is 2.26. The van der Waals surface area contributed by atoms with Crippen LogP contribution in [0.5, 0.6) is 0 Å². The lowest BCUT2D eigenvalue weighted by molar-refractivity contribution is 0.594. The molecule has 120 valence electrons. The summed E-state index contributed by atoms with van der Waals surface area (Å²) in [6, 6.07) is 0. The molecule has 0 fully saturated rings. The Morgan fingerprint density at radius 1 is 1.29 bits per heavy atom. The molecule has 0 radical (unpaired) electrons. The number of aliphatic imine (C=N–C) groups is 1. The van der Waals surface area contributed by atoms with Crippen LogP contribution >= 0.6 is 0 Å². The fraction of sp³-hybridized carbons (Fsp3) is 0.750. The van der Waals surface area contributed by atoms with Crippen LogP contribution in [-0.4, -0.2) is 35.4 Å². The molecule has 0 aliphatic rings. The van der Waals surface area contributed by atoms with Gasteiger partial charge in [-0.25, -0.2) is 0 Å². The van der Waals surface area contributed by atoms with Crippen molar-refractivity contribution in [1.29, 1.82) is 0 Å². The topological polar surface area (TPSA) is 54.2 Å². The van der Waals surface area contributed by atoms with E-state index in [-0.39, 0.29) is 0 Å². The van der Waals surface area contributed by atoms with Gasteiger partial charge in [-0.2, -0.15) is 5.10 Å². The second-order valence-corrected chi connectivity index (χ2v) is 5.89. The van der Waals surface area contributed by atoms with E-state index in [2.05, 4.69) is 55.3 Å². The first-order valence-corrected chi connectivity index (χ1v) is 7.96. The Labute approximate surface area is 129 Å². The average molecular weight is 293 g/mol. The lowest BCUT2D eigenvalue weighted by Crippen LogP contribution is -2.38. The molecule has 5 heteroatoms. The summed E-state index contributed by atoms with van der Waals surface area (Å²) in [5.74, 6) is 1.61. The van der Waals surface area contributed by atoms with Crippen molar-refractivity contribution in [2.75, 3.05) is 19.6 Å². The van der Waals surface area contributed by atoms with E-state index in [1.807, 2.05) is 11.7 Å². The highest BCUT2D eigenvalue weighted by Crippen LogP contribution is 2.11. The molecular formula is C16H31N5. The number of guanidine groups is 1. The first-order chi connectivity index (χ1) is 9.95. The summed E-state index contributed by atoms with van der Waals surface area (Å²) in [7, 11) is 2.00. The molecule has 0 atom stereocenters. The van der Waals surface area contributed by atoms with Crippen molar-refractivity contribution in [2.24, 2.45) is 18.0 Å². The Morgan fingerprint density at radius 2 is 2.00 bits per heavy atom. The molecule has 1 aromatic rings. The number of rotatable bonds is 7. The Morgan fingerprint density at radius 3 is 2.52 bits per heavy atom. The first-order valence-electron chi connectivity index (χ1n) is 7.96. The summed E-state index contributed by atoms with van der Waals surface area (Å²) in [5.41, 5.74) is 3.71. The largest absolute Gasteiger partial charge is 0.357 e. The zero-order valence-corrected chi connectivity index (χ0v) is 14.5. The van der Waals surface area contributed by atoms with Gasteiger partial charge in [0.2, 0.25) is 0 Å². The summed E-state index contributed by atoms with van der Waals surface area (Å²) in [6.07, 6.45) is 2.09. The molecule has 0 aliphatic heterocycles. The van der Waals surface area contributed by atoms with Crippen LogP contribution < -0.4 is 10.6 Å². The number of aromatic nitrogens is 2. The molecule has 5 nitrogen and oxygen atoms in total. The van der Waals surface area contributed by atoms with Crippen LogP contribution in [0.15, 0.2) is 4.99 Å². The molecule has 0 unspecified atom stereocenters. The molecule has 2 N–H and O–H groups in total. The minimum Gasteiger partial charge on any atom is -0.357 e. The Balaban J connectivity index is 2.49. The molecule has 0 bridgehead atoms. The molecule has 1 rings (SSSR count). The van der Waals surface area contributed by atoms with Gasteiger partial charge in [0.25, 0.3) is 0 Å². The zero-order chi connectivity index (χ0) is 15.8. The predicted molar refractivity (Wildman–Crippen MR) is 89.8 cm³/mol. The second kappa shape index (κ2) is 8.70. The first kappa shape index (κ1) is 17.5. The normalized spacial score (nSPS) is 12.0. The van der Waals surface area contributed by atoms with Gasteiger partial charge in [0.05, 0.1) is 5.69 Å². The van der Waals surface area contributed by atoms with Crippen molar-refractivity contribution < 1.29 is 0 Å². The average Bonchev–Trinajstić information content (AvgIpc) is 2.64. The van der Waals surface area contributed by atoms with Crippen molar-refractivity contribution in [3.63, 3.8) is 0 Å². The van der Waals surface area contributed by atoms with Gasteiger partial charge in [-0.3, -0.25) is 9.67 Å². The van der Waals surface area contributed by atoms with Crippen LogP contribution in [0.4, 0.5) is 0 Å². The molecule has 0 aromatic carbocycles. The molecule has 1 aromatic heterocycles. The van der Waals surface area contributed by atoms with Crippen molar-refractivity contribution in [2.45, 2.75) is 47.5 Å². The molecule has 0 saturated heterocycles. The van der Waals surface area contributed by atoms with E-state index in [0.717, 1.165) is 44.1 Å². The van der Waals surface area contributed by atoms with Crippen molar-refractivity contribution in [1.82, 2.24) is 20.4 Å². The highest BCUT2D eigenvalue weighted by Gasteiger charge is 2.08. The van der Waals surface area contributed by atoms with E-state index >= 15 is 0 Å². The highest BCUT2D eigenvalue weighted by atomic mass is 15.3. The van der Waals surface area contributed by atoms with Crippen LogP contribution in [0, 0.1) is 19.8 Å². The summed E-state index contributed by atoms with van der Waals surface area (Å²) >= 11 is 0. The molecule has 0 aliphatic carbocycles. The number of hydrogen-bond acceptors (Lipinski definition) is 2. The molecule has 0 spiro atoms. The Kier molecular flexibility index (Phi) is 7.26. The highest BCUT2D eigenvalue weighted by molar-refractivity contribution is 5.79. The maximum absolute atomic E-state index is 4.61. The van der Waals surface area contributed by atoms with E-state index in [4.69, 9.17) is 0 Å². The maximum Gasteiger partial charge on any atom is 0.191 e. The Hall–Kier alpha value is -1.52. The number of nitrogens with one attached hydrogen (secondary N) is 2. The van der Waals surface area contributed by atoms with Crippen LogP contribution in [0.3, 0.4) is 0 Å². The third-order valence-electron chi connectivity index (χ3n) is 3.65. The number of nitrogens with zero attached hydrogens (tertiary/aromatic N) is 3. The summed E-state index contributed by atoms with van der Waals surface area (Å²) in [6.45, 7) is 13.4. The molecular weight excluding hydrogens is 262 g/mol. The van der Waals surface area contributed by atoms with Gasteiger partial charge in [-0.05, 0) is 45.1 Å². The molecule has 0 amide bonds. The molecule has 21 heavy (non-hydrogen) atoms. The fourth-order valence-corrected chi connectivity index (χ4v) is 2.26. The smallest absolute Gasteiger partial charge is 0.191 e. The van der Waals surface area contributed by atoms with Gasteiger partial charge < -0.3 is 10.6 Å². The van der Waals surface area contributed by atoms with Gasteiger partial charge >= 0.3 is 0 Å². The van der Waals surface area contributed by atoms with Gasteiger partial charge in [0.1, 0.15) is 0 Å². The maximum atomic E-state index is 4.61. The minimum absolute atomic E-state index is 0.692. The van der Waals surface area contributed by atoms with E-state index < -0.39 is 0 Å². The van der Waals surface area contributed by atoms with E-state index in [9.17, 15) is 0 Å². The summed E-state index contributed by atoms with van der Waals surface area (Å²) in [5, 5.41) is 11.2. The quantitative estimate of drug-likeness (QED) is 0.598.